The van der Waals surface area contributed by atoms with Crippen molar-refractivity contribution in [3.8, 4) is 11.1 Å². The average molecular weight is 456 g/mol. The Kier molecular flexibility index (Phi) is 6.22. The number of nitrogens with one attached hydrogen (secondary N) is 1. The number of thioether (sulfide) groups is 1. The number of carbonyl (C=O) groups is 1. The van der Waals surface area contributed by atoms with Gasteiger partial charge in [0.1, 0.15) is 4.70 Å². The lowest BCUT2D eigenvalue weighted by Crippen LogP contribution is -2.25. The zero-order valence-electron chi connectivity index (χ0n) is 16.1. The van der Waals surface area contributed by atoms with E-state index in [0.717, 1.165) is 16.7 Å². The zero-order valence-corrected chi connectivity index (χ0v) is 18.5. The number of rotatable bonds is 6. The Balaban J connectivity index is 1.52. The van der Waals surface area contributed by atoms with Gasteiger partial charge in [-0.15, -0.1) is 11.3 Å². The van der Waals surface area contributed by atoms with Crippen LogP contribution in [0.25, 0.3) is 21.3 Å². The van der Waals surface area contributed by atoms with Crippen LogP contribution >= 0.6 is 34.7 Å². The monoisotopic (exact) mass is 455 g/mol. The van der Waals surface area contributed by atoms with Crippen molar-refractivity contribution in [2.24, 2.45) is 7.05 Å². The highest BCUT2D eigenvalue weighted by Gasteiger charge is 2.16. The summed E-state index contributed by atoms with van der Waals surface area (Å²) in [5.41, 5.74) is 3.37. The number of thiophene rings is 1. The lowest BCUT2D eigenvalue weighted by molar-refractivity contribution is -0.118. The molecule has 30 heavy (non-hydrogen) atoms. The second kappa shape index (κ2) is 9.04. The Morgan fingerprint density at radius 3 is 2.67 bits per heavy atom. The van der Waals surface area contributed by atoms with Crippen LogP contribution in [0.5, 0.6) is 0 Å². The lowest BCUT2D eigenvalue weighted by Gasteiger charge is -2.09. The van der Waals surface area contributed by atoms with Crippen molar-refractivity contribution in [3.05, 3.63) is 80.9 Å². The van der Waals surface area contributed by atoms with E-state index in [2.05, 4.69) is 5.32 Å². The van der Waals surface area contributed by atoms with Crippen LogP contribution in [-0.2, 0) is 18.4 Å². The van der Waals surface area contributed by atoms with Gasteiger partial charge in [0.25, 0.3) is 5.56 Å². The molecule has 0 fully saturated rings. The molecule has 0 unspecified atom stereocenters. The SMILES string of the molecule is Cn1c(SCC(=O)NCc2ccccc2Cl)nc2c(-c3ccccc3)csc2c1=O. The summed E-state index contributed by atoms with van der Waals surface area (Å²) >= 11 is 8.76. The first-order valence-corrected chi connectivity index (χ1v) is 11.5. The average Bonchev–Trinajstić information content (AvgIpc) is 3.19. The minimum absolute atomic E-state index is 0.105. The Hall–Kier alpha value is -2.61. The Labute approximate surface area is 186 Å². The number of nitrogens with zero attached hydrogens (tertiary/aromatic N) is 2. The van der Waals surface area contributed by atoms with E-state index in [1.807, 2.05) is 53.9 Å². The van der Waals surface area contributed by atoms with E-state index in [1.54, 1.807) is 13.1 Å². The number of carbonyl (C=O) groups excluding carboxylic acids is 1. The molecule has 4 aromatic rings. The third-order valence-electron chi connectivity index (χ3n) is 4.61. The summed E-state index contributed by atoms with van der Waals surface area (Å²) in [6.45, 7) is 0.354. The van der Waals surface area contributed by atoms with Crippen molar-refractivity contribution >= 4 is 50.8 Å². The van der Waals surface area contributed by atoms with Gasteiger partial charge >= 0.3 is 0 Å². The van der Waals surface area contributed by atoms with Gasteiger partial charge in [-0.05, 0) is 17.2 Å². The molecule has 152 valence electrons. The van der Waals surface area contributed by atoms with Crippen molar-refractivity contribution in [1.82, 2.24) is 14.9 Å². The number of amides is 1. The van der Waals surface area contributed by atoms with Crippen LogP contribution in [0.3, 0.4) is 0 Å². The van der Waals surface area contributed by atoms with E-state index < -0.39 is 0 Å². The summed E-state index contributed by atoms with van der Waals surface area (Å²) in [6, 6.07) is 17.2. The molecule has 0 saturated heterocycles. The molecule has 1 N–H and O–H groups in total. The molecule has 2 aromatic heterocycles. The van der Waals surface area contributed by atoms with E-state index in [-0.39, 0.29) is 17.2 Å². The molecule has 0 aliphatic rings. The standard InChI is InChI=1S/C22H18ClN3O2S2/c1-26-21(28)20-19(16(12-29-20)14-7-3-2-4-8-14)25-22(26)30-13-18(27)24-11-15-9-5-6-10-17(15)23/h2-10,12H,11,13H2,1H3,(H,24,27). The first kappa shape index (κ1) is 20.7. The molecular weight excluding hydrogens is 438 g/mol. The van der Waals surface area contributed by atoms with Gasteiger partial charge in [-0.25, -0.2) is 4.98 Å². The second-order valence-corrected chi connectivity index (χ2v) is 8.84. The summed E-state index contributed by atoms with van der Waals surface area (Å²) in [7, 11) is 1.68. The molecule has 0 aliphatic carbocycles. The van der Waals surface area contributed by atoms with Crippen LogP contribution in [0, 0.1) is 0 Å². The van der Waals surface area contributed by atoms with Gasteiger partial charge in [0.05, 0.1) is 11.3 Å². The van der Waals surface area contributed by atoms with Crippen LogP contribution in [0.4, 0.5) is 0 Å². The Bertz CT molecular complexity index is 1270. The van der Waals surface area contributed by atoms with Gasteiger partial charge < -0.3 is 5.32 Å². The van der Waals surface area contributed by atoms with Crippen molar-refractivity contribution in [2.75, 3.05) is 5.75 Å². The molecule has 0 bridgehead atoms. The van der Waals surface area contributed by atoms with Gasteiger partial charge in [0.2, 0.25) is 5.91 Å². The molecule has 8 heteroatoms. The van der Waals surface area contributed by atoms with Crippen molar-refractivity contribution in [3.63, 3.8) is 0 Å². The van der Waals surface area contributed by atoms with Crippen molar-refractivity contribution in [2.45, 2.75) is 11.7 Å². The molecule has 0 atom stereocenters. The number of hydrogen-bond donors (Lipinski definition) is 1. The summed E-state index contributed by atoms with van der Waals surface area (Å²) < 4.78 is 2.11. The van der Waals surface area contributed by atoms with Gasteiger partial charge in [-0.3, -0.25) is 14.2 Å². The molecule has 1 amide bonds. The zero-order chi connectivity index (χ0) is 21.1. The van der Waals surface area contributed by atoms with Crippen LogP contribution in [-0.4, -0.2) is 21.2 Å². The highest BCUT2D eigenvalue weighted by atomic mass is 35.5. The van der Waals surface area contributed by atoms with E-state index in [1.165, 1.54) is 27.7 Å². The molecule has 4 rings (SSSR count). The smallest absolute Gasteiger partial charge is 0.271 e. The van der Waals surface area contributed by atoms with Crippen LogP contribution in [0.1, 0.15) is 5.56 Å². The van der Waals surface area contributed by atoms with Gasteiger partial charge in [0.15, 0.2) is 5.16 Å². The molecular formula is C22H18ClN3O2S2. The van der Waals surface area contributed by atoms with Crippen molar-refractivity contribution in [1.29, 1.82) is 0 Å². The van der Waals surface area contributed by atoms with Crippen LogP contribution in [0.15, 0.2) is 69.9 Å². The van der Waals surface area contributed by atoms with E-state index in [4.69, 9.17) is 16.6 Å². The van der Waals surface area contributed by atoms with Gasteiger partial charge in [-0.2, -0.15) is 0 Å². The minimum Gasteiger partial charge on any atom is -0.351 e. The van der Waals surface area contributed by atoms with Crippen LogP contribution < -0.4 is 10.9 Å². The first-order valence-electron chi connectivity index (χ1n) is 9.21. The fraction of sp³-hybridized carbons (Fsp3) is 0.136. The van der Waals surface area contributed by atoms with Crippen molar-refractivity contribution < 1.29 is 4.79 Å². The molecule has 0 radical (unpaired) electrons. The largest absolute Gasteiger partial charge is 0.351 e. The molecule has 0 aliphatic heterocycles. The third-order valence-corrected chi connectivity index (χ3v) is 6.96. The minimum atomic E-state index is -0.150. The number of benzene rings is 2. The Morgan fingerprint density at radius 2 is 1.90 bits per heavy atom. The summed E-state index contributed by atoms with van der Waals surface area (Å²) in [5.74, 6) is 0.00369. The summed E-state index contributed by atoms with van der Waals surface area (Å²) in [5, 5.41) is 5.94. The maximum absolute atomic E-state index is 12.8. The Morgan fingerprint density at radius 1 is 1.17 bits per heavy atom. The van der Waals surface area contributed by atoms with Crippen LogP contribution in [0.2, 0.25) is 5.02 Å². The number of aromatic nitrogens is 2. The number of halogens is 1. The van der Waals surface area contributed by atoms with E-state index in [9.17, 15) is 9.59 Å². The first-order chi connectivity index (χ1) is 14.5. The number of fused-ring (bicyclic) bond motifs is 1. The topological polar surface area (TPSA) is 64.0 Å². The maximum atomic E-state index is 12.8. The predicted octanol–water partition coefficient (Wildman–Crippen LogP) is 4.72. The molecule has 2 aromatic carbocycles. The van der Waals surface area contributed by atoms with Gasteiger partial charge in [-0.1, -0.05) is 71.9 Å². The molecule has 5 nitrogen and oxygen atoms in total. The number of hydrogen-bond acceptors (Lipinski definition) is 5. The normalized spacial score (nSPS) is 11.0. The summed E-state index contributed by atoms with van der Waals surface area (Å²) in [4.78, 5) is 29.8. The van der Waals surface area contributed by atoms with Gasteiger partial charge in [0, 0.05) is 29.6 Å². The highest BCUT2D eigenvalue weighted by molar-refractivity contribution is 7.99. The molecule has 0 saturated carbocycles. The molecule has 2 heterocycles. The fourth-order valence-electron chi connectivity index (χ4n) is 2.99. The van der Waals surface area contributed by atoms with E-state index in [0.29, 0.717) is 26.9 Å². The highest BCUT2D eigenvalue weighted by Crippen LogP contribution is 2.32. The lowest BCUT2D eigenvalue weighted by atomic mass is 10.1. The fourth-order valence-corrected chi connectivity index (χ4v) is 4.98. The third kappa shape index (κ3) is 4.28. The predicted molar refractivity (Wildman–Crippen MR) is 124 cm³/mol. The second-order valence-electron chi connectivity index (χ2n) is 6.61. The maximum Gasteiger partial charge on any atom is 0.271 e. The quantitative estimate of drug-likeness (QED) is 0.337. The molecule has 0 spiro atoms. The summed E-state index contributed by atoms with van der Waals surface area (Å²) in [6.07, 6.45) is 0. The van der Waals surface area contributed by atoms with E-state index >= 15 is 0 Å².